The first-order valence-electron chi connectivity index (χ1n) is 6.91. The molecule has 0 radical (unpaired) electrons. The molecule has 0 bridgehead atoms. The Morgan fingerprint density at radius 3 is 2.63 bits per heavy atom. The molecule has 0 aliphatic rings. The van der Waals surface area contributed by atoms with Gasteiger partial charge in [-0.15, -0.1) is 0 Å². The molecular weight excluding hydrogens is 234 g/mol. The van der Waals surface area contributed by atoms with Crippen LogP contribution in [-0.2, 0) is 6.42 Å². The fourth-order valence-corrected chi connectivity index (χ4v) is 1.95. The van der Waals surface area contributed by atoms with Crippen LogP contribution in [0, 0.1) is 6.92 Å². The number of nitrogens with one attached hydrogen (secondary N) is 1. The monoisotopic (exact) mass is 255 g/mol. The van der Waals surface area contributed by atoms with Crippen molar-refractivity contribution in [1.29, 1.82) is 0 Å². The summed E-state index contributed by atoms with van der Waals surface area (Å²) in [6.45, 7) is 7.27. The first kappa shape index (κ1) is 13.5. The lowest BCUT2D eigenvalue weighted by atomic mass is 10.1. The predicted octanol–water partition coefficient (Wildman–Crippen LogP) is 3.84. The summed E-state index contributed by atoms with van der Waals surface area (Å²) in [5.41, 5.74) is 3.39. The van der Waals surface area contributed by atoms with E-state index in [4.69, 9.17) is 0 Å². The maximum atomic E-state index is 4.62. The Morgan fingerprint density at radius 1 is 1.11 bits per heavy atom. The van der Waals surface area contributed by atoms with E-state index >= 15 is 0 Å². The first-order valence-corrected chi connectivity index (χ1v) is 6.91. The summed E-state index contributed by atoms with van der Waals surface area (Å²) in [5, 5.41) is 3.34. The topological polar surface area (TPSA) is 37.8 Å². The zero-order valence-electron chi connectivity index (χ0n) is 11.9. The van der Waals surface area contributed by atoms with E-state index in [-0.39, 0.29) is 0 Å². The van der Waals surface area contributed by atoms with Crippen molar-refractivity contribution in [2.24, 2.45) is 0 Å². The Labute approximate surface area is 115 Å². The van der Waals surface area contributed by atoms with Crippen LogP contribution in [0.3, 0.4) is 0 Å². The van der Waals surface area contributed by atoms with E-state index in [2.05, 4.69) is 60.3 Å². The standard InChI is InChI=1S/C16H21N3/c1-4-9-17-16-11-14(18-15(5-2)19-16)13-8-6-7-12(3)10-13/h6-8,10-11H,4-5,9H2,1-3H3,(H,17,18,19). The van der Waals surface area contributed by atoms with Crippen molar-refractivity contribution in [2.45, 2.75) is 33.6 Å². The quantitative estimate of drug-likeness (QED) is 0.882. The van der Waals surface area contributed by atoms with Crippen molar-refractivity contribution in [3.63, 3.8) is 0 Å². The van der Waals surface area contributed by atoms with Gasteiger partial charge < -0.3 is 5.32 Å². The highest BCUT2D eigenvalue weighted by Crippen LogP contribution is 2.21. The maximum Gasteiger partial charge on any atom is 0.131 e. The molecule has 0 fully saturated rings. The number of nitrogens with zero attached hydrogens (tertiary/aromatic N) is 2. The van der Waals surface area contributed by atoms with Crippen LogP contribution in [0.5, 0.6) is 0 Å². The highest BCUT2D eigenvalue weighted by atomic mass is 15.0. The minimum atomic E-state index is 0.848. The summed E-state index contributed by atoms with van der Waals surface area (Å²) in [5.74, 6) is 1.81. The lowest BCUT2D eigenvalue weighted by Gasteiger charge is -2.09. The lowest BCUT2D eigenvalue weighted by molar-refractivity contribution is 0.919. The molecule has 19 heavy (non-hydrogen) atoms. The summed E-state index contributed by atoms with van der Waals surface area (Å²) in [6, 6.07) is 10.5. The maximum absolute atomic E-state index is 4.62. The number of rotatable bonds is 5. The summed E-state index contributed by atoms with van der Waals surface area (Å²) >= 11 is 0. The molecule has 1 aromatic heterocycles. The number of benzene rings is 1. The van der Waals surface area contributed by atoms with Gasteiger partial charge in [-0.3, -0.25) is 0 Å². The highest BCUT2D eigenvalue weighted by Gasteiger charge is 2.05. The van der Waals surface area contributed by atoms with Crippen LogP contribution in [0.1, 0.15) is 31.7 Å². The van der Waals surface area contributed by atoms with E-state index in [1.54, 1.807) is 0 Å². The van der Waals surface area contributed by atoms with Crippen LogP contribution in [0.25, 0.3) is 11.3 Å². The third-order valence-corrected chi connectivity index (χ3v) is 2.96. The van der Waals surface area contributed by atoms with Gasteiger partial charge in [0.15, 0.2) is 0 Å². The minimum absolute atomic E-state index is 0.848. The van der Waals surface area contributed by atoms with Crippen LogP contribution in [0.4, 0.5) is 5.82 Å². The summed E-state index contributed by atoms with van der Waals surface area (Å²) < 4.78 is 0. The normalized spacial score (nSPS) is 10.5. The number of aromatic nitrogens is 2. The SMILES string of the molecule is CCCNc1cc(-c2cccc(C)c2)nc(CC)n1. The second kappa shape index (κ2) is 6.32. The molecule has 0 atom stereocenters. The molecule has 1 N–H and O–H groups in total. The highest BCUT2D eigenvalue weighted by molar-refractivity contribution is 5.63. The Morgan fingerprint density at radius 2 is 1.95 bits per heavy atom. The van der Waals surface area contributed by atoms with Crippen LogP contribution in [0.15, 0.2) is 30.3 Å². The van der Waals surface area contributed by atoms with Gasteiger partial charge in [-0.1, -0.05) is 37.6 Å². The zero-order valence-corrected chi connectivity index (χ0v) is 11.9. The van der Waals surface area contributed by atoms with Gasteiger partial charge in [-0.05, 0) is 19.4 Å². The lowest BCUT2D eigenvalue weighted by Crippen LogP contribution is -2.05. The fourth-order valence-electron chi connectivity index (χ4n) is 1.95. The Hall–Kier alpha value is -1.90. The van der Waals surface area contributed by atoms with Gasteiger partial charge in [0.1, 0.15) is 11.6 Å². The molecule has 0 amide bonds. The molecule has 2 aromatic rings. The molecule has 0 saturated carbocycles. The predicted molar refractivity (Wildman–Crippen MR) is 80.4 cm³/mol. The third-order valence-electron chi connectivity index (χ3n) is 2.96. The molecule has 0 unspecified atom stereocenters. The van der Waals surface area contributed by atoms with E-state index in [1.165, 1.54) is 5.56 Å². The second-order valence-electron chi connectivity index (χ2n) is 4.70. The Kier molecular flexibility index (Phi) is 4.50. The van der Waals surface area contributed by atoms with E-state index in [1.807, 2.05) is 6.07 Å². The van der Waals surface area contributed by atoms with Crippen molar-refractivity contribution < 1.29 is 0 Å². The molecule has 0 aliphatic heterocycles. The Balaban J connectivity index is 2.38. The van der Waals surface area contributed by atoms with Gasteiger partial charge in [0, 0.05) is 24.6 Å². The average molecular weight is 255 g/mol. The molecule has 100 valence electrons. The van der Waals surface area contributed by atoms with E-state index in [0.717, 1.165) is 42.3 Å². The molecule has 0 spiro atoms. The molecule has 0 aliphatic carbocycles. The largest absolute Gasteiger partial charge is 0.370 e. The number of hydrogen-bond acceptors (Lipinski definition) is 3. The summed E-state index contributed by atoms with van der Waals surface area (Å²) in [6.07, 6.45) is 1.94. The van der Waals surface area contributed by atoms with E-state index in [9.17, 15) is 0 Å². The van der Waals surface area contributed by atoms with Crippen molar-refractivity contribution in [1.82, 2.24) is 9.97 Å². The van der Waals surface area contributed by atoms with Gasteiger partial charge >= 0.3 is 0 Å². The number of aryl methyl sites for hydroxylation is 2. The zero-order chi connectivity index (χ0) is 13.7. The summed E-state index contributed by atoms with van der Waals surface area (Å²) in [4.78, 5) is 9.14. The van der Waals surface area contributed by atoms with Crippen molar-refractivity contribution in [3.05, 3.63) is 41.7 Å². The molecule has 1 heterocycles. The van der Waals surface area contributed by atoms with Crippen molar-refractivity contribution in [2.75, 3.05) is 11.9 Å². The van der Waals surface area contributed by atoms with Gasteiger partial charge in [-0.25, -0.2) is 9.97 Å². The Bertz CT molecular complexity index is 549. The molecule has 2 rings (SSSR count). The van der Waals surface area contributed by atoms with Crippen LogP contribution in [0.2, 0.25) is 0 Å². The fraction of sp³-hybridized carbons (Fsp3) is 0.375. The van der Waals surface area contributed by atoms with Crippen molar-refractivity contribution in [3.8, 4) is 11.3 Å². The van der Waals surface area contributed by atoms with Gasteiger partial charge in [-0.2, -0.15) is 0 Å². The second-order valence-corrected chi connectivity index (χ2v) is 4.70. The average Bonchev–Trinajstić information content (AvgIpc) is 2.44. The van der Waals surface area contributed by atoms with E-state index < -0.39 is 0 Å². The van der Waals surface area contributed by atoms with Gasteiger partial charge in [0.2, 0.25) is 0 Å². The van der Waals surface area contributed by atoms with Crippen LogP contribution >= 0.6 is 0 Å². The van der Waals surface area contributed by atoms with Gasteiger partial charge in [0.25, 0.3) is 0 Å². The smallest absolute Gasteiger partial charge is 0.131 e. The van der Waals surface area contributed by atoms with Crippen LogP contribution in [-0.4, -0.2) is 16.5 Å². The minimum Gasteiger partial charge on any atom is -0.370 e. The van der Waals surface area contributed by atoms with E-state index in [0.29, 0.717) is 0 Å². The number of anilines is 1. The molecule has 0 saturated heterocycles. The first-order chi connectivity index (χ1) is 9.22. The van der Waals surface area contributed by atoms with Gasteiger partial charge in [0.05, 0.1) is 5.69 Å². The van der Waals surface area contributed by atoms with Crippen LogP contribution < -0.4 is 5.32 Å². The molecule has 1 aromatic carbocycles. The third kappa shape index (κ3) is 3.53. The summed E-state index contributed by atoms with van der Waals surface area (Å²) in [7, 11) is 0. The van der Waals surface area contributed by atoms with Crippen molar-refractivity contribution >= 4 is 5.82 Å². The molecular formula is C16H21N3. The molecule has 3 heteroatoms. The number of hydrogen-bond donors (Lipinski definition) is 1. The molecule has 3 nitrogen and oxygen atoms in total.